The van der Waals surface area contributed by atoms with E-state index in [2.05, 4.69) is 17.6 Å². The summed E-state index contributed by atoms with van der Waals surface area (Å²) in [5.74, 6) is -1.94. The first-order valence-electron chi connectivity index (χ1n) is 6.78. The molecule has 112 valence electrons. The van der Waals surface area contributed by atoms with Gasteiger partial charge in [0, 0.05) is 0 Å². The number of para-hydroxylation sites is 2. The van der Waals surface area contributed by atoms with Crippen molar-refractivity contribution in [2.24, 2.45) is 5.41 Å². The predicted molar refractivity (Wildman–Crippen MR) is 81.4 cm³/mol. The van der Waals surface area contributed by atoms with Crippen molar-refractivity contribution < 1.29 is 19.1 Å². The second kappa shape index (κ2) is 5.89. The summed E-state index contributed by atoms with van der Waals surface area (Å²) in [5, 5.41) is 9.08. The van der Waals surface area contributed by atoms with Gasteiger partial charge < -0.3 is 9.52 Å². The number of carboxylic acid groups (broad SMARTS) is 1. The minimum atomic E-state index is -1.26. The highest BCUT2D eigenvalue weighted by atomic mass is 32.1. The van der Waals surface area contributed by atoms with Crippen molar-refractivity contribution in [3.63, 3.8) is 0 Å². The van der Waals surface area contributed by atoms with E-state index in [1.165, 1.54) is 0 Å². The molecule has 0 saturated carbocycles. The van der Waals surface area contributed by atoms with Gasteiger partial charge in [0.05, 0.1) is 5.41 Å². The van der Waals surface area contributed by atoms with Crippen molar-refractivity contribution in [2.75, 3.05) is 0 Å². The number of aliphatic carboxylic acids is 1. The van der Waals surface area contributed by atoms with Gasteiger partial charge in [0.15, 0.2) is 10.7 Å². The van der Waals surface area contributed by atoms with Crippen LogP contribution in [0.4, 0.5) is 0 Å². The summed E-state index contributed by atoms with van der Waals surface area (Å²) in [6, 6.07) is 7.07. The van der Waals surface area contributed by atoms with E-state index in [0.29, 0.717) is 11.1 Å². The zero-order valence-electron chi connectivity index (χ0n) is 11.9. The molecule has 1 atom stereocenters. The van der Waals surface area contributed by atoms with Crippen LogP contribution in [0.15, 0.2) is 28.7 Å². The van der Waals surface area contributed by atoms with Crippen LogP contribution in [-0.4, -0.2) is 21.2 Å². The molecule has 0 saturated heterocycles. The topological polar surface area (TPSA) is 80.4 Å². The van der Waals surface area contributed by atoms with Crippen molar-refractivity contribution in [2.45, 2.75) is 32.6 Å². The van der Waals surface area contributed by atoms with Crippen LogP contribution in [0, 0.1) is 5.41 Å². The molecule has 1 aromatic carbocycles. The van der Waals surface area contributed by atoms with Crippen LogP contribution in [0.5, 0.6) is 0 Å². The zero-order chi connectivity index (χ0) is 15.6. The number of carbonyl (C=O) groups is 2. The van der Waals surface area contributed by atoms with Crippen LogP contribution in [0.2, 0.25) is 0 Å². The average molecular weight is 307 g/mol. The number of benzene rings is 1. The Balaban J connectivity index is 2.62. The minimum absolute atomic E-state index is 0.113. The van der Waals surface area contributed by atoms with Crippen molar-refractivity contribution in [3.8, 4) is 0 Å². The molecule has 2 rings (SSSR count). The maximum Gasteiger partial charge on any atom is 0.310 e. The normalized spacial score (nSPS) is 13.3. The van der Waals surface area contributed by atoms with Crippen LogP contribution in [0.25, 0.3) is 11.1 Å². The first-order valence-corrected chi connectivity index (χ1v) is 7.22. The lowest BCUT2D eigenvalue weighted by atomic mass is 9.71. The molecule has 0 aliphatic heterocycles. The van der Waals surface area contributed by atoms with Gasteiger partial charge in [-0.15, -0.1) is 12.6 Å². The Morgan fingerprint density at radius 2 is 1.95 bits per heavy atom. The molecule has 1 unspecified atom stereocenters. The number of rotatable bonds is 6. The quantitative estimate of drug-likeness (QED) is 0.801. The zero-order valence-corrected chi connectivity index (χ0v) is 12.8. The summed E-state index contributed by atoms with van der Waals surface area (Å²) in [4.78, 5) is 28.0. The fourth-order valence-electron chi connectivity index (χ4n) is 2.68. The Morgan fingerprint density at radius 3 is 2.43 bits per heavy atom. The lowest BCUT2D eigenvalue weighted by molar-refractivity contribution is -0.153. The van der Waals surface area contributed by atoms with Gasteiger partial charge in [-0.3, -0.25) is 9.59 Å². The smallest absolute Gasteiger partial charge is 0.310 e. The van der Waals surface area contributed by atoms with E-state index in [9.17, 15) is 14.7 Å². The van der Waals surface area contributed by atoms with Gasteiger partial charge >= 0.3 is 5.97 Å². The molecule has 1 heterocycles. The molecule has 0 radical (unpaired) electrons. The fourth-order valence-corrected chi connectivity index (χ4v) is 3.03. The third-order valence-electron chi connectivity index (χ3n) is 4.04. The maximum absolute atomic E-state index is 12.0. The number of thiol groups is 1. The van der Waals surface area contributed by atoms with Gasteiger partial charge in [0.25, 0.3) is 0 Å². The summed E-state index contributed by atoms with van der Waals surface area (Å²) >= 11 is 3.88. The van der Waals surface area contributed by atoms with Crippen LogP contribution in [-0.2, 0) is 9.59 Å². The minimum Gasteiger partial charge on any atom is -0.481 e. The van der Waals surface area contributed by atoms with Crippen molar-refractivity contribution in [1.82, 2.24) is 4.98 Å². The van der Waals surface area contributed by atoms with E-state index < -0.39 is 22.4 Å². The van der Waals surface area contributed by atoms with Gasteiger partial charge in [-0.25, -0.2) is 4.98 Å². The van der Waals surface area contributed by atoms with E-state index in [1.54, 1.807) is 38.1 Å². The Morgan fingerprint density at radius 1 is 1.33 bits per heavy atom. The fraction of sp³-hybridized carbons (Fsp3) is 0.400. The highest BCUT2D eigenvalue weighted by molar-refractivity contribution is 7.96. The summed E-state index contributed by atoms with van der Waals surface area (Å²) in [7, 11) is 0. The average Bonchev–Trinajstić information content (AvgIpc) is 2.86. The molecule has 0 fully saturated rings. The van der Waals surface area contributed by atoms with E-state index in [-0.39, 0.29) is 18.7 Å². The van der Waals surface area contributed by atoms with E-state index in [1.807, 2.05) is 0 Å². The van der Waals surface area contributed by atoms with Crippen LogP contribution in [0.3, 0.4) is 0 Å². The maximum atomic E-state index is 12.0. The molecule has 5 nitrogen and oxygen atoms in total. The molecule has 21 heavy (non-hydrogen) atoms. The summed E-state index contributed by atoms with van der Waals surface area (Å²) in [5.41, 5.74) is -0.142. The lowest BCUT2D eigenvalue weighted by Gasteiger charge is -2.31. The largest absolute Gasteiger partial charge is 0.481 e. The first kappa shape index (κ1) is 15.6. The standard InChI is InChI=1S/C15H17NO4S/c1-3-15(4-2,14(18)19)11(13(17)21)12-16-9-7-5-6-8-10(9)20-12/h5-8,11H,3-4H2,1-2H3,(H,17,21)(H,18,19). The van der Waals surface area contributed by atoms with Crippen molar-refractivity contribution in [1.29, 1.82) is 0 Å². The Bertz CT molecular complexity index is 642. The molecule has 1 aromatic heterocycles. The Kier molecular flexibility index (Phi) is 4.37. The molecule has 0 bridgehead atoms. The van der Waals surface area contributed by atoms with Gasteiger partial charge in [0.1, 0.15) is 11.4 Å². The third kappa shape index (κ3) is 2.55. The third-order valence-corrected chi connectivity index (χ3v) is 4.30. The molecular weight excluding hydrogens is 290 g/mol. The van der Waals surface area contributed by atoms with Gasteiger partial charge in [-0.2, -0.15) is 0 Å². The van der Waals surface area contributed by atoms with Crippen LogP contribution in [0.1, 0.15) is 38.5 Å². The monoisotopic (exact) mass is 307 g/mol. The highest BCUT2D eigenvalue weighted by Gasteiger charge is 2.49. The van der Waals surface area contributed by atoms with E-state index >= 15 is 0 Å². The predicted octanol–water partition coefficient (Wildman–Crippen LogP) is 3.26. The number of carboxylic acids is 1. The van der Waals surface area contributed by atoms with Crippen LogP contribution >= 0.6 is 12.6 Å². The SMILES string of the molecule is CCC(CC)(C(=O)O)C(C(=O)S)c1nc2ccccc2o1. The summed E-state index contributed by atoms with van der Waals surface area (Å²) < 4.78 is 5.61. The highest BCUT2D eigenvalue weighted by Crippen LogP contribution is 2.44. The number of oxazole rings is 1. The Labute approximate surface area is 127 Å². The number of hydrogen-bond donors (Lipinski definition) is 2. The van der Waals surface area contributed by atoms with Gasteiger partial charge in [-0.1, -0.05) is 26.0 Å². The summed E-state index contributed by atoms with van der Waals surface area (Å²) in [6.45, 7) is 3.48. The van der Waals surface area contributed by atoms with E-state index in [0.717, 1.165) is 0 Å². The molecule has 0 spiro atoms. The number of hydrogen-bond acceptors (Lipinski definition) is 4. The number of fused-ring (bicyclic) bond motifs is 1. The van der Waals surface area contributed by atoms with Crippen LogP contribution < -0.4 is 0 Å². The number of aromatic nitrogens is 1. The molecule has 0 aliphatic rings. The molecule has 1 N–H and O–H groups in total. The lowest BCUT2D eigenvalue weighted by Crippen LogP contribution is -2.39. The van der Waals surface area contributed by atoms with Crippen molar-refractivity contribution in [3.05, 3.63) is 30.2 Å². The molecule has 6 heteroatoms. The van der Waals surface area contributed by atoms with Gasteiger partial charge in [0.2, 0.25) is 5.89 Å². The second-order valence-corrected chi connectivity index (χ2v) is 5.40. The second-order valence-electron chi connectivity index (χ2n) is 4.96. The Hall–Kier alpha value is -1.82. The van der Waals surface area contributed by atoms with Gasteiger partial charge in [-0.05, 0) is 25.0 Å². The first-order chi connectivity index (χ1) is 9.96. The molecule has 2 aromatic rings. The number of nitrogens with zero attached hydrogens (tertiary/aromatic N) is 1. The van der Waals surface area contributed by atoms with E-state index in [4.69, 9.17) is 4.42 Å². The molecule has 0 aliphatic carbocycles. The molecule has 0 amide bonds. The van der Waals surface area contributed by atoms with Crippen molar-refractivity contribution >= 4 is 34.8 Å². The molecular formula is C15H17NO4S. The summed E-state index contributed by atoms with van der Waals surface area (Å²) in [6.07, 6.45) is 0.572. The number of carbonyl (C=O) groups excluding carboxylic acids is 1.